The Bertz CT molecular complexity index is 1160. The molecule has 4 aromatic rings. The predicted molar refractivity (Wildman–Crippen MR) is 114 cm³/mol. The second kappa shape index (κ2) is 7.43. The summed E-state index contributed by atoms with van der Waals surface area (Å²) in [6.45, 7) is 1.82. The lowest BCUT2D eigenvalue weighted by atomic mass is 9.98. The lowest BCUT2D eigenvalue weighted by Gasteiger charge is -2.17. The lowest BCUT2D eigenvalue weighted by molar-refractivity contribution is 0.102. The van der Waals surface area contributed by atoms with Gasteiger partial charge in [-0.3, -0.25) is 10.1 Å². The second-order valence-corrected chi connectivity index (χ2v) is 8.77. The number of thiophene rings is 1. The SMILES string of the molecule is O=C(Nc1nnc(Cc2csc3ccccc23)s1)c1ccc2c(c1)CCNC2. The molecule has 0 radical (unpaired) electrons. The van der Waals surface area contributed by atoms with Crippen LogP contribution in [0.25, 0.3) is 10.1 Å². The molecule has 5 nitrogen and oxygen atoms in total. The van der Waals surface area contributed by atoms with Gasteiger partial charge in [0.15, 0.2) is 0 Å². The van der Waals surface area contributed by atoms with Gasteiger partial charge in [-0.25, -0.2) is 0 Å². The maximum atomic E-state index is 12.6. The number of aromatic nitrogens is 2. The van der Waals surface area contributed by atoms with Crippen molar-refractivity contribution in [3.05, 3.63) is 75.1 Å². The van der Waals surface area contributed by atoms with Crippen molar-refractivity contribution < 1.29 is 4.79 Å². The Morgan fingerprint density at radius 1 is 1.14 bits per heavy atom. The molecule has 2 aromatic carbocycles. The number of amides is 1. The fraction of sp³-hybridized carbons (Fsp3) is 0.190. The molecule has 2 N–H and O–H groups in total. The largest absolute Gasteiger partial charge is 0.312 e. The van der Waals surface area contributed by atoms with Gasteiger partial charge >= 0.3 is 0 Å². The summed E-state index contributed by atoms with van der Waals surface area (Å²) in [5.74, 6) is -0.134. The topological polar surface area (TPSA) is 66.9 Å². The van der Waals surface area contributed by atoms with Crippen molar-refractivity contribution in [2.24, 2.45) is 0 Å². The average Bonchev–Trinajstić information content (AvgIpc) is 3.35. The molecule has 1 aliphatic rings. The summed E-state index contributed by atoms with van der Waals surface area (Å²) >= 11 is 3.17. The molecule has 0 bridgehead atoms. The Kier molecular flexibility index (Phi) is 4.64. The van der Waals surface area contributed by atoms with E-state index in [1.165, 1.54) is 38.1 Å². The van der Waals surface area contributed by atoms with Crippen molar-refractivity contribution in [2.75, 3.05) is 11.9 Å². The number of anilines is 1. The summed E-state index contributed by atoms with van der Waals surface area (Å²) in [6, 6.07) is 14.3. The molecule has 1 amide bonds. The maximum Gasteiger partial charge on any atom is 0.257 e. The van der Waals surface area contributed by atoms with Crippen LogP contribution in [0.3, 0.4) is 0 Å². The zero-order chi connectivity index (χ0) is 18.9. The molecule has 7 heteroatoms. The molecular formula is C21H18N4OS2. The quantitative estimate of drug-likeness (QED) is 0.532. The number of hydrogen-bond acceptors (Lipinski definition) is 6. The van der Waals surface area contributed by atoms with Crippen LogP contribution in [0.15, 0.2) is 47.8 Å². The van der Waals surface area contributed by atoms with Crippen molar-refractivity contribution in [3.63, 3.8) is 0 Å². The Balaban J connectivity index is 1.30. The van der Waals surface area contributed by atoms with E-state index in [0.717, 1.165) is 30.9 Å². The Morgan fingerprint density at radius 2 is 2.07 bits per heavy atom. The molecule has 2 aromatic heterocycles. The first-order valence-corrected chi connectivity index (χ1v) is 10.9. The zero-order valence-corrected chi connectivity index (χ0v) is 16.7. The highest BCUT2D eigenvalue weighted by Crippen LogP contribution is 2.29. The second-order valence-electron chi connectivity index (χ2n) is 6.80. The molecule has 0 fully saturated rings. The van der Waals surface area contributed by atoms with Gasteiger partial charge in [-0.05, 0) is 58.6 Å². The van der Waals surface area contributed by atoms with E-state index in [4.69, 9.17) is 0 Å². The van der Waals surface area contributed by atoms with Gasteiger partial charge in [-0.1, -0.05) is 35.6 Å². The normalized spacial score (nSPS) is 13.4. The van der Waals surface area contributed by atoms with Crippen LogP contribution >= 0.6 is 22.7 Å². The van der Waals surface area contributed by atoms with Crippen molar-refractivity contribution in [1.82, 2.24) is 15.5 Å². The van der Waals surface area contributed by atoms with E-state index in [2.05, 4.69) is 50.5 Å². The number of benzene rings is 2. The summed E-state index contributed by atoms with van der Waals surface area (Å²) in [6.07, 6.45) is 1.68. The Labute approximate surface area is 170 Å². The highest BCUT2D eigenvalue weighted by Gasteiger charge is 2.15. The van der Waals surface area contributed by atoms with Gasteiger partial charge < -0.3 is 5.32 Å². The summed E-state index contributed by atoms with van der Waals surface area (Å²) in [7, 11) is 0. The molecule has 140 valence electrons. The minimum atomic E-state index is -0.134. The van der Waals surface area contributed by atoms with Gasteiger partial charge in [0, 0.05) is 23.2 Å². The summed E-state index contributed by atoms with van der Waals surface area (Å²) in [4.78, 5) is 12.6. The summed E-state index contributed by atoms with van der Waals surface area (Å²) < 4.78 is 1.28. The van der Waals surface area contributed by atoms with Gasteiger partial charge in [-0.2, -0.15) is 0 Å². The van der Waals surface area contributed by atoms with E-state index < -0.39 is 0 Å². The van der Waals surface area contributed by atoms with Crippen LogP contribution in [-0.2, 0) is 19.4 Å². The molecule has 5 rings (SSSR count). The van der Waals surface area contributed by atoms with Crippen molar-refractivity contribution >= 4 is 43.8 Å². The highest BCUT2D eigenvalue weighted by molar-refractivity contribution is 7.17. The standard InChI is InChI=1S/C21H18N4OS2/c26-20(14-5-6-15-11-22-8-7-13(15)9-14)23-21-25-24-19(28-21)10-16-12-27-18-4-2-1-3-17(16)18/h1-6,9,12,22H,7-8,10-11H2,(H,23,25,26). The first-order chi connectivity index (χ1) is 13.8. The van der Waals surface area contributed by atoms with Crippen LogP contribution in [0, 0.1) is 0 Å². The minimum Gasteiger partial charge on any atom is -0.312 e. The Morgan fingerprint density at radius 3 is 3.04 bits per heavy atom. The maximum absolute atomic E-state index is 12.6. The number of carbonyl (C=O) groups excluding carboxylic acids is 1. The number of fused-ring (bicyclic) bond motifs is 2. The van der Waals surface area contributed by atoms with Crippen LogP contribution in [0.5, 0.6) is 0 Å². The molecule has 3 heterocycles. The fourth-order valence-corrected chi connectivity index (χ4v) is 5.22. The van der Waals surface area contributed by atoms with Crippen LogP contribution in [0.4, 0.5) is 5.13 Å². The number of hydrogen-bond donors (Lipinski definition) is 2. The first kappa shape index (κ1) is 17.5. The van der Waals surface area contributed by atoms with Gasteiger partial charge in [0.25, 0.3) is 5.91 Å². The molecule has 0 aliphatic carbocycles. The van der Waals surface area contributed by atoms with Crippen LogP contribution in [0.2, 0.25) is 0 Å². The van der Waals surface area contributed by atoms with Crippen molar-refractivity contribution in [3.8, 4) is 0 Å². The lowest BCUT2D eigenvalue weighted by Crippen LogP contribution is -2.24. The van der Waals surface area contributed by atoms with Crippen LogP contribution in [0.1, 0.15) is 32.1 Å². The van der Waals surface area contributed by atoms with Crippen molar-refractivity contribution in [1.29, 1.82) is 0 Å². The number of nitrogens with zero attached hydrogens (tertiary/aromatic N) is 2. The third kappa shape index (κ3) is 3.44. The Hall–Kier alpha value is -2.61. The van der Waals surface area contributed by atoms with E-state index in [-0.39, 0.29) is 5.91 Å². The summed E-state index contributed by atoms with van der Waals surface area (Å²) in [5.41, 5.74) is 4.43. The molecule has 0 saturated heterocycles. The smallest absolute Gasteiger partial charge is 0.257 e. The minimum absolute atomic E-state index is 0.134. The van der Waals surface area contributed by atoms with Crippen LogP contribution < -0.4 is 10.6 Å². The van der Waals surface area contributed by atoms with E-state index in [1.807, 2.05) is 18.2 Å². The first-order valence-electron chi connectivity index (χ1n) is 9.17. The molecule has 28 heavy (non-hydrogen) atoms. The van der Waals surface area contributed by atoms with Gasteiger partial charge in [-0.15, -0.1) is 21.5 Å². The number of nitrogens with one attached hydrogen (secondary N) is 2. The zero-order valence-electron chi connectivity index (χ0n) is 15.1. The van der Waals surface area contributed by atoms with Crippen LogP contribution in [-0.4, -0.2) is 22.6 Å². The van der Waals surface area contributed by atoms with E-state index in [1.54, 1.807) is 11.3 Å². The van der Waals surface area contributed by atoms with E-state index >= 15 is 0 Å². The fourth-order valence-electron chi connectivity index (χ4n) is 3.50. The van der Waals surface area contributed by atoms with Crippen molar-refractivity contribution in [2.45, 2.75) is 19.4 Å². The van der Waals surface area contributed by atoms with E-state index in [0.29, 0.717) is 10.7 Å². The molecule has 0 spiro atoms. The average molecular weight is 407 g/mol. The third-order valence-electron chi connectivity index (χ3n) is 4.95. The highest BCUT2D eigenvalue weighted by atomic mass is 32.1. The summed E-state index contributed by atoms with van der Waals surface area (Å²) in [5, 5.41) is 19.5. The van der Waals surface area contributed by atoms with Gasteiger partial charge in [0.2, 0.25) is 5.13 Å². The van der Waals surface area contributed by atoms with E-state index in [9.17, 15) is 4.79 Å². The van der Waals surface area contributed by atoms with Gasteiger partial charge in [0.1, 0.15) is 5.01 Å². The molecular weight excluding hydrogens is 388 g/mol. The molecule has 0 saturated carbocycles. The number of rotatable bonds is 4. The molecule has 1 aliphatic heterocycles. The van der Waals surface area contributed by atoms with Gasteiger partial charge in [0.05, 0.1) is 0 Å². The monoisotopic (exact) mass is 406 g/mol. The number of carbonyl (C=O) groups is 1. The molecule has 0 atom stereocenters. The predicted octanol–water partition coefficient (Wildman–Crippen LogP) is 4.24. The third-order valence-corrected chi connectivity index (χ3v) is 6.80. The molecule has 0 unspecified atom stereocenters.